The van der Waals surface area contributed by atoms with Crippen LogP contribution >= 0.6 is 0 Å². The maximum Gasteiger partial charge on any atom is 0.513 e. The van der Waals surface area contributed by atoms with E-state index in [1.807, 2.05) is 34.6 Å². The Kier molecular flexibility index (Phi) is 13.4. The molecule has 1 rings (SSSR count). The van der Waals surface area contributed by atoms with Gasteiger partial charge < -0.3 is 34.2 Å². The number of carbonyl (C=O) groups excluding carboxylic acids is 4. The predicted octanol–water partition coefficient (Wildman–Crippen LogP) is 4.18. The van der Waals surface area contributed by atoms with E-state index in [0.717, 1.165) is 0 Å². The number of rotatable bonds is 14. The number of hydrogen-bond acceptors (Lipinski definition) is 11. The standard InChI is InChI=1S/C26H39NO10/c1-7-8-22(28)33-12-11-26(27,23(29)32-6)14-19-9-10-20(36-24(30)34-15-17(2)3)21(13-19)37-25(31)35-16-18(4)5/h9-10,13,17-18H,7-8,11-12,14-16,27H2,1-6H3/t26-/m1/s1. The molecule has 0 aliphatic carbocycles. The molecule has 0 bridgehead atoms. The fourth-order valence-electron chi connectivity index (χ4n) is 2.99. The van der Waals surface area contributed by atoms with Gasteiger partial charge in [-0.2, -0.15) is 0 Å². The van der Waals surface area contributed by atoms with Gasteiger partial charge in [0.15, 0.2) is 11.5 Å². The molecule has 0 radical (unpaired) electrons. The van der Waals surface area contributed by atoms with E-state index in [2.05, 4.69) is 0 Å². The van der Waals surface area contributed by atoms with Gasteiger partial charge in [-0.15, -0.1) is 0 Å². The van der Waals surface area contributed by atoms with Gasteiger partial charge >= 0.3 is 24.2 Å². The zero-order valence-electron chi connectivity index (χ0n) is 22.5. The summed E-state index contributed by atoms with van der Waals surface area (Å²) in [6, 6.07) is 4.33. The highest BCUT2D eigenvalue weighted by molar-refractivity contribution is 5.81. The smallest absolute Gasteiger partial charge is 0.468 e. The van der Waals surface area contributed by atoms with Crippen LogP contribution in [0.1, 0.15) is 59.4 Å². The fraction of sp³-hybridized carbons (Fsp3) is 0.615. The number of benzene rings is 1. The minimum atomic E-state index is -1.55. The molecule has 0 spiro atoms. The van der Waals surface area contributed by atoms with Gasteiger partial charge in [0.05, 0.1) is 26.9 Å². The topological polar surface area (TPSA) is 150 Å². The van der Waals surface area contributed by atoms with Crippen molar-refractivity contribution >= 4 is 24.2 Å². The summed E-state index contributed by atoms with van der Waals surface area (Å²) in [5.41, 5.74) is 5.27. The highest BCUT2D eigenvalue weighted by Crippen LogP contribution is 2.31. The molecule has 11 heteroatoms. The first-order valence-electron chi connectivity index (χ1n) is 12.2. The van der Waals surface area contributed by atoms with Crippen LogP contribution in [0.3, 0.4) is 0 Å². The van der Waals surface area contributed by atoms with Gasteiger partial charge in [0.2, 0.25) is 0 Å². The zero-order chi connectivity index (χ0) is 28.0. The van der Waals surface area contributed by atoms with Crippen LogP contribution in [0.4, 0.5) is 9.59 Å². The van der Waals surface area contributed by atoms with E-state index in [4.69, 9.17) is 34.2 Å². The second kappa shape index (κ2) is 15.7. The normalized spacial score (nSPS) is 12.5. The summed E-state index contributed by atoms with van der Waals surface area (Å²) in [6.45, 7) is 9.48. The number of nitrogens with two attached hydrogens (primary N) is 1. The van der Waals surface area contributed by atoms with Crippen molar-refractivity contribution in [2.75, 3.05) is 26.9 Å². The fourth-order valence-corrected chi connectivity index (χ4v) is 2.99. The van der Waals surface area contributed by atoms with Crippen LogP contribution in [0.5, 0.6) is 11.5 Å². The van der Waals surface area contributed by atoms with Crippen LogP contribution in [0, 0.1) is 11.8 Å². The minimum absolute atomic E-state index is 0.0124. The molecule has 0 amide bonds. The molecular formula is C26H39NO10. The highest BCUT2D eigenvalue weighted by Gasteiger charge is 2.36. The monoisotopic (exact) mass is 525 g/mol. The van der Waals surface area contributed by atoms with E-state index < -0.39 is 29.8 Å². The van der Waals surface area contributed by atoms with Crippen molar-refractivity contribution in [1.82, 2.24) is 0 Å². The van der Waals surface area contributed by atoms with E-state index in [-0.39, 0.29) is 62.4 Å². The van der Waals surface area contributed by atoms with Crippen molar-refractivity contribution in [1.29, 1.82) is 0 Å². The molecule has 0 aliphatic heterocycles. The molecule has 2 N–H and O–H groups in total. The van der Waals surface area contributed by atoms with Gasteiger partial charge in [-0.25, -0.2) is 9.59 Å². The first-order valence-corrected chi connectivity index (χ1v) is 12.2. The zero-order valence-corrected chi connectivity index (χ0v) is 22.5. The lowest BCUT2D eigenvalue weighted by atomic mass is 9.88. The van der Waals surface area contributed by atoms with E-state index in [0.29, 0.717) is 12.0 Å². The molecule has 0 saturated heterocycles. The second-order valence-corrected chi connectivity index (χ2v) is 9.44. The molecule has 37 heavy (non-hydrogen) atoms. The Morgan fingerprint density at radius 1 is 0.892 bits per heavy atom. The lowest BCUT2D eigenvalue weighted by molar-refractivity contribution is -0.151. The van der Waals surface area contributed by atoms with E-state index in [9.17, 15) is 19.2 Å². The van der Waals surface area contributed by atoms with E-state index in [1.54, 1.807) is 6.07 Å². The lowest BCUT2D eigenvalue weighted by Gasteiger charge is -2.26. The van der Waals surface area contributed by atoms with Crippen LogP contribution in [0.2, 0.25) is 0 Å². The quantitative estimate of drug-likeness (QED) is 0.212. The Morgan fingerprint density at radius 2 is 1.46 bits per heavy atom. The summed E-state index contributed by atoms with van der Waals surface area (Å²) in [4.78, 5) is 48.5. The van der Waals surface area contributed by atoms with Crippen LogP contribution in [-0.2, 0) is 35.0 Å². The largest absolute Gasteiger partial charge is 0.513 e. The van der Waals surface area contributed by atoms with Crippen LogP contribution in [-0.4, -0.2) is 56.7 Å². The lowest BCUT2D eigenvalue weighted by Crippen LogP contribution is -2.51. The number of hydrogen-bond donors (Lipinski definition) is 1. The van der Waals surface area contributed by atoms with Crippen LogP contribution in [0.25, 0.3) is 0 Å². The van der Waals surface area contributed by atoms with Crippen LogP contribution in [0.15, 0.2) is 18.2 Å². The maximum atomic E-state index is 12.5. The second-order valence-electron chi connectivity index (χ2n) is 9.44. The molecule has 0 unspecified atom stereocenters. The van der Waals surface area contributed by atoms with E-state index >= 15 is 0 Å². The number of carbonyl (C=O) groups is 4. The predicted molar refractivity (Wildman–Crippen MR) is 133 cm³/mol. The average molecular weight is 526 g/mol. The molecule has 1 aromatic carbocycles. The summed E-state index contributed by atoms with van der Waals surface area (Å²) in [7, 11) is 1.20. The Balaban J connectivity index is 3.15. The number of esters is 2. The molecular weight excluding hydrogens is 486 g/mol. The van der Waals surface area contributed by atoms with Crippen molar-refractivity contribution in [3.63, 3.8) is 0 Å². The summed E-state index contributed by atoms with van der Waals surface area (Å²) in [5, 5.41) is 0. The third-order valence-corrected chi connectivity index (χ3v) is 4.84. The molecule has 1 atom stereocenters. The summed E-state index contributed by atoms with van der Waals surface area (Å²) >= 11 is 0. The molecule has 0 saturated carbocycles. The molecule has 11 nitrogen and oxygen atoms in total. The van der Waals surface area contributed by atoms with Crippen molar-refractivity contribution in [2.24, 2.45) is 17.6 Å². The molecule has 208 valence electrons. The maximum absolute atomic E-state index is 12.5. The Bertz CT molecular complexity index is 915. The van der Waals surface area contributed by atoms with Crippen molar-refractivity contribution in [2.45, 2.75) is 65.8 Å². The summed E-state index contributed by atoms with van der Waals surface area (Å²) < 4.78 is 30.6. The Labute approximate surface area is 217 Å². The minimum Gasteiger partial charge on any atom is -0.468 e. The van der Waals surface area contributed by atoms with Crippen molar-refractivity contribution in [3.8, 4) is 11.5 Å². The SMILES string of the molecule is CCCC(=O)OCC[C@@](N)(Cc1ccc(OC(=O)OCC(C)C)c(OC(=O)OCC(C)C)c1)C(=O)OC. The first-order chi connectivity index (χ1) is 17.4. The summed E-state index contributed by atoms with van der Waals surface area (Å²) in [5.74, 6) is -1.16. The van der Waals surface area contributed by atoms with Gasteiger partial charge in [0.1, 0.15) is 5.54 Å². The van der Waals surface area contributed by atoms with Gasteiger partial charge in [-0.05, 0) is 36.0 Å². The average Bonchev–Trinajstić information content (AvgIpc) is 2.82. The highest BCUT2D eigenvalue weighted by atomic mass is 16.7. The number of methoxy groups -OCH3 is 1. The van der Waals surface area contributed by atoms with Crippen molar-refractivity contribution < 1.29 is 47.6 Å². The molecule has 0 heterocycles. The third-order valence-electron chi connectivity index (χ3n) is 4.84. The molecule has 0 aromatic heterocycles. The molecule has 0 fully saturated rings. The van der Waals surface area contributed by atoms with Crippen LogP contribution < -0.4 is 15.2 Å². The number of ether oxygens (including phenoxy) is 6. The molecule has 1 aromatic rings. The van der Waals surface area contributed by atoms with Crippen molar-refractivity contribution in [3.05, 3.63) is 23.8 Å². The van der Waals surface area contributed by atoms with Gasteiger partial charge in [0.25, 0.3) is 0 Å². The molecule has 0 aliphatic rings. The Hall–Kier alpha value is -3.34. The van der Waals surface area contributed by atoms with Gasteiger partial charge in [-0.1, -0.05) is 40.7 Å². The van der Waals surface area contributed by atoms with E-state index in [1.165, 1.54) is 19.2 Å². The first kappa shape index (κ1) is 31.7. The van der Waals surface area contributed by atoms with Gasteiger partial charge in [0, 0.05) is 19.3 Å². The Morgan fingerprint density at radius 3 is 1.97 bits per heavy atom. The third kappa shape index (κ3) is 12.0. The summed E-state index contributed by atoms with van der Waals surface area (Å²) in [6.07, 6.45) is -1.16. The van der Waals surface area contributed by atoms with Gasteiger partial charge in [-0.3, -0.25) is 9.59 Å².